The van der Waals surface area contributed by atoms with Gasteiger partial charge < -0.3 is 88.1 Å². The fourth-order valence-corrected chi connectivity index (χ4v) is 9.75. The van der Waals surface area contributed by atoms with Gasteiger partial charge in [0, 0.05) is 44.9 Å². The zero-order chi connectivity index (χ0) is 60.1. The summed E-state index contributed by atoms with van der Waals surface area (Å²) in [7, 11) is 0. The second-order valence-corrected chi connectivity index (χ2v) is 21.3. The number of aliphatic carboxylic acids is 2. The number of aromatic nitrogens is 2. The van der Waals surface area contributed by atoms with Crippen molar-refractivity contribution in [2.24, 2.45) is 34.0 Å². The van der Waals surface area contributed by atoms with E-state index in [4.69, 9.17) is 41.6 Å². The first-order chi connectivity index (χ1) is 38.4. The minimum Gasteiger partial charge on any atom is -0.480 e. The number of hydrogen-bond acceptors (Lipinski definition) is 23. The number of carboxylic acids is 2. The highest BCUT2D eigenvalue weighted by Gasteiger charge is 2.54. The van der Waals surface area contributed by atoms with E-state index < -0.39 is 144 Å². The largest absolute Gasteiger partial charge is 0.480 e. The normalized spacial score (nSPS) is 25.0. The highest BCUT2D eigenvalue weighted by atomic mass is 16.7. The number of carbonyl (C=O) groups is 5. The van der Waals surface area contributed by atoms with Gasteiger partial charge in [0.15, 0.2) is 18.5 Å². The van der Waals surface area contributed by atoms with Crippen LogP contribution in [0.4, 0.5) is 0 Å². The Balaban J connectivity index is 1.49. The van der Waals surface area contributed by atoms with Crippen LogP contribution in [0, 0.1) is 17.2 Å². The van der Waals surface area contributed by atoms with E-state index in [0.29, 0.717) is 24.4 Å². The minimum absolute atomic E-state index is 0.00638. The number of nitrogens with two attached hydrogens (primary N) is 3. The molecule has 3 aliphatic heterocycles. The number of aliphatic hydroxyl groups is 4. The zero-order valence-corrected chi connectivity index (χ0v) is 46.4. The van der Waals surface area contributed by atoms with Gasteiger partial charge in [-0.3, -0.25) is 59.2 Å². The molecule has 0 saturated carbocycles. The first-order valence-electron chi connectivity index (χ1n) is 27.7. The molecule has 0 radical (unpaired) electrons. The number of amides is 2. The van der Waals surface area contributed by atoms with E-state index in [0.717, 1.165) is 68.2 Å². The van der Waals surface area contributed by atoms with Gasteiger partial charge in [-0.1, -0.05) is 79.1 Å². The van der Waals surface area contributed by atoms with Crippen LogP contribution in [-0.4, -0.2) is 210 Å². The maximum Gasteiger partial charge on any atom is 0.330 e. The van der Waals surface area contributed by atoms with Gasteiger partial charge in [0.25, 0.3) is 5.56 Å². The van der Waals surface area contributed by atoms with Gasteiger partial charge in [-0.05, 0) is 44.1 Å². The molecule has 20 N–H and O–H groups in total. The van der Waals surface area contributed by atoms with Gasteiger partial charge in [0.05, 0.1) is 6.04 Å². The predicted octanol–water partition coefficient (Wildman–Crippen LogP) is -3.83. The monoisotopic (exact) mass is 1160 g/mol. The average molecular weight is 1160 g/mol. The number of aromatic amines is 1. The SMILES string of the molecule is CC(C)[C@H](N[C@H](C(=O)N[C@H](C(=O)NCCCN[C@H](C(=O)O)[C@H](O[C@@H]1O[C@H](CN)[C@@H](O)[C@H]1O)[C@H]1O[C@@H](n2ccc(=O)[nH]c2=O)[C@H](O)[C@@H]1O)[C@@H](OC(=O)CCCCCCCCCCCCN(O)C(=N)N)C(C)C)[C@@H]1CCN=C(N)N1)C(=O)O. The lowest BCUT2D eigenvalue weighted by Crippen LogP contribution is -2.66. The predicted molar refractivity (Wildman–Crippen MR) is 288 cm³/mol. The Morgan fingerprint density at radius 1 is 0.840 bits per heavy atom. The number of esters is 1. The van der Waals surface area contributed by atoms with E-state index in [1.165, 1.54) is 0 Å². The summed E-state index contributed by atoms with van der Waals surface area (Å²) in [6.07, 6.45) is -6.95. The van der Waals surface area contributed by atoms with Gasteiger partial charge in [-0.2, -0.15) is 0 Å². The molecule has 0 bridgehead atoms. The van der Waals surface area contributed by atoms with Gasteiger partial charge in [-0.15, -0.1) is 0 Å². The third kappa shape index (κ3) is 20.2. The number of aliphatic hydroxyl groups excluding tert-OH is 4. The molecule has 460 valence electrons. The van der Waals surface area contributed by atoms with Crippen molar-refractivity contribution >= 4 is 41.6 Å². The van der Waals surface area contributed by atoms with Crippen molar-refractivity contribution < 1.29 is 78.8 Å². The molecule has 0 unspecified atom stereocenters. The van der Waals surface area contributed by atoms with E-state index in [2.05, 4.69) is 31.6 Å². The van der Waals surface area contributed by atoms with Crippen LogP contribution in [0.1, 0.15) is 117 Å². The summed E-state index contributed by atoms with van der Waals surface area (Å²) in [6, 6.07) is -5.84. The van der Waals surface area contributed by atoms with Gasteiger partial charge in [-0.25, -0.2) is 9.86 Å². The standard InChI is InChI=1S/C50H87N13O18/c1-25(2)31(45(72)73)60-32(27-17-21-57-49(54)58-27)43(71)61-33(39(26(3)4)79-30(65)16-13-11-9-7-5-6-8-10-12-14-22-63(77)48(52)53)42(70)56-20-15-19-55-34(46(74)75)40(81-47-38(69)35(66)28(24-51)78-47)41-36(67)37(68)44(80-41)62-23-18-29(64)59-50(62)76/h18,23,25-28,31-41,44,47,55,60,66-69,77H,5-17,19-22,24,51H2,1-4H3,(H3,52,53)(H,56,70)(H,61,71)(H,72,73)(H,74,75)(H3,54,57,58)(H,59,64,76)/t27-,28+,31-,32-,33-,34-,35+,36-,37+,38+,39-,40-,41-,44+,47-/m0/s1. The maximum atomic E-state index is 14.5. The number of aliphatic imine (C=N–C) groups is 1. The van der Waals surface area contributed by atoms with E-state index >= 15 is 0 Å². The Bertz CT molecular complexity index is 2340. The second kappa shape index (κ2) is 33.3. The Labute approximate surface area is 468 Å². The van der Waals surface area contributed by atoms with Gasteiger partial charge in [0.2, 0.25) is 17.8 Å². The number of carboxylic acid groups (broad SMARTS) is 2. The lowest BCUT2D eigenvalue weighted by Gasteiger charge is -2.35. The van der Waals surface area contributed by atoms with Crippen LogP contribution in [-0.2, 0) is 42.9 Å². The molecule has 81 heavy (non-hydrogen) atoms. The molecule has 3 aliphatic rings. The van der Waals surface area contributed by atoms with E-state index in [9.17, 15) is 69.4 Å². The van der Waals surface area contributed by atoms with Gasteiger partial charge in [0.1, 0.15) is 73.0 Å². The summed E-state index contributed by atoms with van der Waals surface area (Å²) >= 11 is 0. The van der Waals surface area contributed by atoms with Crippen molar-refractivity contribution in [1.29, 1.82) is 5.41 Å². The quantitative estimate of drug-likeness (QED) is 0.0101. The molecule has 0 aromatic carbocycles. The van der Waals surface area contributed by atoms with Crippen molar-refractivity contribution in [1.82, 2.24) is 41.2 Å². The molecule has 1 aromatic rings. The van der Waals surface area contributed by atoms with Crippen molar-refractivity contribution in [3.05, 3.63) is 33.1 Å². The summed E-state index contributed by atoms with van der Waals surface area (Å²) in [5.41, 5.74) is 15.1. The Hall–Kier alpha value is -5.87. The molecule has 2 amide bonds. The highest BCUT2D eigenvalue weighted by Crippen LogP contribution is 2.34. The Morgan fingerprint density at radius 2 is 1.47 bits per heavy atom. The van der Waals surface area contributed by atoms with Crippen molar-refractivity contribution in [3.63, 3.8) is 0 Å². The van der Waals surface area contributed by atoms with E-state index in [-0.39, 0.29) is 57.4 Å². The van der Waals surface area contributed by atoms with Crippen LogP contribution < -0.4 is 55.0 Å². The molecule has 4 heterocycles. The third-order valence-corrected chi connectivity index (χ3v) is 14.3. The molecule has 0 spiro atoms. The number of nitrogens with one attached hydrogen (secondary N) is 7. The molecular weight excluding hydrogens is 1070 g/mol. The lowest BCUT2D eigenvalue weighted by atomic mass is 9.95. The van der Waals surface area contributed by atoms with Gasteiger partial charge >= 0.3 is 23.6 Å². The highest BCUT2D eigenvalue weighted by molar-refractivity contribution is 5.92. The van der Waals surface area contributed by atoms with Crippen LogP contribution in [0.3, 0.4) is 0 Å². The summed E-state index contributed by atoms with van der Waals surface area (Å²) in [5.74, 6) is -6.60. The van der Waals surface area contributed by atoms with Crippen LogP contribution in [0.25, 0.3) is 0 Å². The molecule has 0 aliphatic carbocycles. The van der Waals surface area contributed by atoms with Crippen molar-refractivity contribution in [2.75, 3.05) is 32.7 Å². The number of hydroxylamine groups is 2. The summed E-state index contributed by atoms with van der Waals surface area (Å²) in [5, 5.41) is 95.9. The number of rotatable bonds is 36. The molecule has 31 heteroatoms. The number of hydrogen-bond donors (Lipinski definition) is 17. The number of unbranched alkanes of at least 4 members (excludes halogenated alkanes) is 9. The number of ether oxygens (including phenoxy) is 4. The minimum atomic E-state index is -1.97. The first kappa shape index (κ1) is 67.6. The number of nitrogens with zero attached hydrogens (tertiary/aromatic N) is 3. The zero-order valence-electron chi connectivity index (χ0n) is 46.4. The molecule has 15 atom stereocenters. The lowest BCUT2D eigenvalue weighted by molar-refractivity contribution is -0.228. The van der Waals surface area contributed by atoms with Crippen molar-refractivity contribution in [3.8, 4) is 0 Å². The molecular formula is C50H87N13O18. The fraction of sp³-hybridized carbons (Fsp3) is 0.780. The van der Waals surface area contributed by atoms with Crippen LogP contribution >= 0.6 is 0 Å². The van der Waals surface area contributed by atoms with E-state index in [1.54, 1.807) is 27.7 Å². The summed E-state index contributed by atoms with van der Waals surface area (Å²) < 4.78 is 24.1. The average Bonchev–Trinajstić information content (AvgIpc) is 4.07. The van der Waals surface area contributed by atoms with E-state index in [1.807, 2.05) is 4.98 Å². The van der Waals surface area contributed by atoms with Crippen LogP contribution in [0.2, 0.25) is 0 Å². The molecule has 4 rings (SSSR count). The van der Waals surface area contributed by atoms with Crippen LogP contribution in [0.5, 0.6) is 0 Å². The first-order valence-corrected chi connectivity index (χ1v) is 27.7. The van der Waals surface area contributed by atoms with Crippen molar-refractivity contribution in [2.45, 2.75) is 203 Å². The smallest absolute Gasteiger partial charge is 0.330 e. The third-order valence-electron chi connectivity index (χ3n) is 14.3. The number of guanidine groups is 2. The molecule has 1 aromatic heterocycles. The Kier molecular flexibility index (Phi) is 27.8. The number of H-pyrrole nitrogens is 1. The Morgan fingerprint density at radius 3 is 2.02 bits per heavy atom. The fourth-order valence-electron chi connectivity index (χ4n) is 9.75. The van der Waals surface area contributed by atoms with Crippen LogP contribution in [0.15, 0.2) is 26.8 Å². The molecule has 2 fully saturated rings. The summed E-state index contributed by atoms with van der Waals surface area (Å²) in [4.78, 5) is 98.6. The molecule has 2 saturated heterocycles. The number of carbonyl (C=O) groups excluding carboxylic acids is 3. The topological polar surface area (TPSA) is 496 Å². The second-order valence-electron chi connectivity index (χ2n) is 21.3. The maximum absolute atomic E-state index is 14.5. The molecule has 31 nitrogen and oxygen atoms in total. The summed E-state index contributed by atoms with van der Waals surface area (Å²) in [6.45, 7) is 6.42.